The Morgan fingerprint density at radius 2 is 1.81 bits per heavy atom. The zero-order valence-electron chi connectivity index (χ0n) is 18.2. The first-order valence-electron chi connectivity index (χ1n) is 9.80. The Labute approximate surface area is 189 Å². The van der Waals surface area contributed by atoms with Gasteiger partial charge in [0.15, 0.2) is 5.16 Å². The molecule has 2 aromatic carbocycles. The first-order chi connectivity index (χ1) is 15.1. The van der Waals surface area contributed by atoms with E-state index in [0.29, 0.717) is 5.16 Å². The topological polar surface area (TPSA) is 98.1 Å². The van der Waals surface area contributed by atoms with E-state index in [1.165, 1.54) is 23.9 Å². The summed E-state index contributed by atoms with van der Waals surface area (Å²) in [5, 5.41) is 13.7. The summed E-state index contributed by atoms with van der Waals surface area (Å²) >= 11 is 1.18. The third-order valence-electron chi connectivity index (χ3n) is 4.05. The van der Waals surface area contributed by atoms with Crippen LogP contribution >= 0.6 is 11.8 Å². The summed E-state index contributed by atoms with van der Waals surface area (Å²) in [5.74, 6) is -0.944. The van der Waals surface area contributed by atoms with Crippen LogP contribution in [0.1, 0.15) is 26.3 Å². The van der Waals surface area contributed by atoms with Crippen molar-refractivity contribution in [1.29, 1.82) is 0 Å². The molecule has 0 fully saturated rings. The number of hydrogen-bond donors (Lipinski definition) is 2. The molecule has 32 heavy (non-hydrogen) atoms. The van der Waals surface area contributed by atoms with E-state index in [1.807, 2.05) is 31.2 Å². The van der Waals surface area contributed by atoms with E-state index in [0.717, 1.165) is 17.3 Å². The maximum atomic E-state index is 13.8. The molecule has 1 aromatic heterocycles. The maximum Gasteiger partial charge on any atom is 0.412 e. The fourth-order valence-corrected chi connectivity index (χ4v) is 3.39. The minimum absolute atomic E-state index is 0.00689. The molecule has 0 unspecified atom stereocenters. The number of nitrogens with zero attached hydrogens (tertiary/aromatic N) is 3. The van der Waals surface area contributed by atoms with Gasteiger partial charge in [-0.2, -0.15) is 0 Å². The number of carbonyl (C=O) groups is 2. The number of hydrogen-bond acceptors (Lipinski definition) is 6. The molecule has 3 rings (SSSR count). The van der Waals surface area contributed by atoms with Crippen LogP contribution in [-0.4, -0.2) is 38.1 Å². The summed E-state index contributed by atoms with van der Waals surface area (Å²) in [6.45, 7) is 7.18. The lowest BCUT2D eigenvalue weighted by Gasteiger charge is -2.20. The molecule has 0 saturated heterocycles. The van der Waals surface area contributed by atoms with Gasteiger partial charge in [-0.1, -0.05) is 29.5 Å². The Bertz CT molecular complexity index is 1110. The largest absolute Gasteiger partial charge is 0.444 e. The quantitative estimate of drug-likeness (QED) is 0.517. The number of ether oxygens (including phenoxy) is 1. The molecular formula is C22H24FN5O3S. The Kier molecular flexibility index (Phi) is 7.14. The van der Waals surface area contributed by atoms with Crippen molar-refractivity contribution in [1.82, 2.24) is 14.8 Å². The number of aromatic nitrogens is 3. The van der Waals surface area contributed by atoms with Crippen LogP contribution in [-0.2, 0) is 9.53 Å². The van der Waals surface area contributed by atoms with Crippen LogP contribution in [0.25, 0.3) is 5.69 Å². The van der Waals surface area contributed by atoms with Gasteiger partial charge in [0, 0.05) is 5.69 Å². The molecule has 0 atom stereocenters. The van der Waals surface area contributed by atoms with Crippen molar-refractivity contribution in [3.05, 3.63) is 60.2 Å². The lowest BCUT2D eigenvalue weighted by atomic mass is 10.2. The van der Waals surface area contributed by atoms with Gasteiger partial charge in [-0.15, -0.1) is 10.2 Å². The second kappa shape index (κ2) is 9.82. The van der Waals surface area contributed by atoms with E-state index in [2.05, 4.69) is 20.8 Å². The first-order valence-corrected chi connectivity index (χ1v) is 10.8. The number of aryl methyl sites for hydroxylation is 1. The Morgan fingerprint density at radius 1 is 1.09 bits per heavy atom. The third-order valence-corrected chi connectivity index (χ3v) is 5.00. The average molecular weight is 458 g/mol. The summed E-state index contributed by atoms with van der Waals surface area (Å²) in [5.41, 5.74) is 1.65. The van der Waals surface area contributed by atoms with E-state index in [1.54, 1.807) is 31.7 Å². The third kappa shape index (κ3) is 6.55. The molecule has 0 aliphatic heterocycles. The fraction of sp³-hybridized carbons (Fsp3) is 0.273. The van der Waals surface area contributed by atoms with Gasteiger partial charge in [-0.3, -0.25) is 14.7 Å². The Hall–Kier alpha value is -3.40. The summed E-state index contributed by atoms with van der Waals surface area (Å²) in [6.07, 6.45) is 0.862. The first kappa shape index (κ1) is 23.3. The SMILES string of the molecule is Cc1ccc(-n2cnnc2SCC(=O)Nc2cc(F)ccc2NC(=O)OC(C)(C)C)cc1. The van der Waals surface area contributed by atoms with Gasteiger partial charge in [0.05, 0.1) is 17.1 Å². The number of halogens is 1. The molecule has 3 aromatic rings. The van der Waals surface area contributed by atoms with Crippen molar-refractivity contribution in [3.63, 3.8) is 0 Å². The minimum Gasteiger partial charge on any atom is -0.444 e. The molecule has 0 aliphatic carbocycles. The van der Waals surface area contributed by atoms with Crippen LogP contribution in [0.3, 0.4) is 0 Å². The monoisotopic (exact) mass is 457 g/mol. The minimum atomic E-state index is -0.708. The van der Waals surface area contributed by atoms with Gasteiger partial charge < -0.3 is 10.1 Å². The predicted molar refractivity (Wildman–Crippen MR) is 122 cm³/mol. The van der Waals surface area contributed by atoms with Crippen molar-refractivity contribution >= 4 is 35.1 Å². The Balaban J connectivity index is 1.66. The van der Waals surface area contributed by atoms with E-state index < -0.39 is 23.4 Å². The summed E-state index contributed by atoms with van der Waals surface area (Å²) in [4.78, 5) is 24.6. The van der Waals surface area contributed by atoms with Gasteiger partial charge >= 0.3 is 6.09 Å². The molecule has 10 heteroatoms. The molecule has 0 aliphatic rings. The van der Waals surface area contributed by atoms with E-state index >= 15 is 0 Å². The zero-order valence-corrected chi connectivity index (χ0v) is 19.0. The van der Waals surface area contributed by atoms with Crippen molar-refractivity contribution < 1.29 is 18.7 Å². The fourth-order valence-electron chi connectivity index (χ4n) is 2.66. The molecule has 2 N–H and O–H groups in total. The number of benzene rings is 2. The molecular weight excluding hydrogens is 433 g/mol. The number of anilines is 2. The normalized spacial score (nSPS) is 11.2. The van der Waals surface area contributed by atoms with E-state index in [9.17, 15) is 14.0 Å². The zero-order chi connectivity index (χ0) is 23.3. The summed E-state index contributed by atoms with van der Waals surface area (Å²) in [6, 6.07) is 11.5. The highest BCUT2D eigenvalue weighted by molar-refractivity contribution is 7.99. The number of thioether (sulfide) groups is 1. The standard InChI is InChI=1S/C22H24FN5O3S/c1-14-5-8-16(9-6-14)28-13-24-27-20(28)32-12-19(29)25-18-11-15(23)7-10-17(18)26-21(30)31-22(2,3)4/h5-11,13H,12H2,1-4H3,(H,25,29)(H,26,30). The van der Waals surface area contributed by atoms with Crippen LogP contribution in [0.5, 0.6) is 0 Å². The van der Waals surface area contributed by atoms with Gasteiger partial charge in [0.2, 0.25) is 5.91 Å². The van der Waals surface area contributed by atoms with Crippen molar-refractivity contribution in [2.45, 2.75) is 38.5 Å². The van der Waals surface area contributed by atoms with Crippen molar-refractivity contribution in [2.24, 2.45) is 0 Å². The molecule has 0 radical (unpaired) electrons. The van der Waals surface area contributed by atoms with Crippen LogP contribution in [0.2, 0.25) is 0 Å². The maximum absolute atomic E-state index is 13.8. The average Bonchev–Trinajstić information content (AvgIpc) is 3.16. The lowest BCUT2D eigenvalue weighted by Crippen LogP contribution is -2.27. The molecule has 8 nitrogen and oxygen atoms in total. The van der Waals surface area contributed by atoms with Crippen molar-refractivity contribution in [2.75, 3.05) is 16.4 Å². The van der Waals surface area contributed by atoms with Crippen LogP contribution in [0.4, 0.5) is 20.6 Å². The van der Waals surface area contributed by atoms with Gasteiger partial charge in [-0.05, 0) is 58.0 Å². The molecule has 168 valence electrons. The predicted octanol–water partition coefficient (Wildman–Crippen LogP) is 4.79. The number of amides is 2. The number of rotatable bonds is 6. The molecule has 0 spiro atoms. The van der Waals surface area contributed by atoms with Gasteiger partial charge in [0.25, 0.3) is 0 Å². The van der Waals surface area contributed by atoms with Crippen LogP contribution in [0.15, 0.2) is 53.9 Å². The smallest absolute Gasteiger partial charge is 0.412 e. The van der Waals surface area contributed by atoms with Gasteiger partial charge in [-0.25, -0.2) is 9.18 Å². The van der Waals surface area contributed by atoms with Crippen molar-refractivity contribution in [3.8, 4) is 5.69 Å². The number of nitrogens with one attached hydrogen (secondary N) is 2. The summed E-state index contributed by atoms with van der Waals surface area (Å²) < 4.78 is 20.7. The molecule has 2 amide bonds. The Morgan fingerprint density at radius 3 is 2.50 bits per heavy atom. The van der Waals surface area contributed by atoms with Crippen LogP contribution < -0.4 is 10.6 Å². The van der Waals surface area contributed by atoms with E-state index in [-0.39, 0.29) is 17.1 Å². The molecule has 0 bridgehead atoms. The molecule has 0 saturated carbocycles. The molecule has 1 heterocycles. The highest BCUT2D eigenvalue weighted by Crippen LogP contribution is 2.25. The number of carbonyl (C=O) groups excluding carboxylic acids is 2. The van der Waals surface area contributed by atoms with Crippen LogP contribution in [0, 0.1) is 12.7 Å². The second-order valence-electron chi connectivity index (χ2n) is 7.97. The highest BCUT2D eigenvalue weighted by Gasteiger charge is 2.18. The highest BCUT2D eigenvalue weighted by atomic mass is 32.2. The van der Waals surface area contributed by atoms with Gasteiger partial charge in [0.1, 0.15) is 17.7 Å². The summed E-state index contributed by atoms with van der Waals surface area (Å²) in [7, 11) is 0. The van der Waals surface area contributed by atoms with E-state index in [4.69, 9.17) is 4.74 Å². The second-order valence-corrected chi connectivity index (χ2v) is 8.92. The lowest BCUT2D eigenvalue weighted by molar-refractivity contribution is -0.113.